The lowest BCUT2D eigenvalue weighted by molar-refractivity contribution is 0.00578. The number of rotatable bonds is 2. The summed E-state index contributed by atoms with van der Waals surface area (Å²) >= 11 is 0. The van der Waals surface area contributed by atoms with Crippen LogP contribution in [-0.4, -0.2) is 47.9 Å². The molecule has 1 saturated carbocycles. The van der Waals surface area contributed by atoms with Gasteiger partial charge < -0.3 is 19.5 Å². The molecule has 3 heterocycles. The van der Waals surface area contributed by atoms with Crippen LogP contribution < -0.4 is 15.7 Å². The normalized spacial score (nSPS) is 28.2. The molecule has 1 aliphatic carbocycles. The van der Waals surface area contributed by atoms with Crippen molar-refractivity contribution in [3.8, 4) is 0 Å². The van der Waals surface area contributed by atoms with Gasteiger partial charge in [-0.05, 0) is 84.3 Å². The van der Waals surface area contributed by atoms with Gasteiger partial charge in [-0.2, -0.15) is 5.10 Å². The van der Waals surface area contributed by atoms with Crippen LogP contribution in [0.3, 0.4) is 0 Å². The Kier molecular flexibility index (Phi) is 3.97. The van der Waals surface area contributed by atoms with Gasteiger partial charge in [0.05, 0.1) is 28.1 Å². The molecule has 2 fully saturated rings. The highest BCUT2D eigenvalue weighted by Crippen LogP contribution is 2.49. The standard InChI is InChI=1S/C22H32BFN4O2/c1-12-14(23-29-21(4,5)22(6,7)30-23)11-15(24)16-17(12)28-18(13-9-10-13)27(8)26-19(28)20(2,3)25-16/h11,13,18,25H,9-10H2,1-8H3. The molecule has 0 amide bonds. The van der Waals surface area contributed by atoms with E-state index in [1.54, 1.807) is 6.07 Å². The Bertz CT molecular complexity index is 941. The third-order valence-corrected chi connectivity index (χ3v) is 7.46. The molecule has 1 saturated heterocycles. The van der Waals surface area contributed by atoms with E-state index in [1.807, 2.05) is 46.7 Å². The highest BCUT2D eigenvalue weighted by atomic mass is 19.1. The second kappa shape index (κ2) is 5.91. The monoisotopic (exact) mass is 414 g/mol. The Morgan fingerprint density at radius 1 is 1.13 bits per heavy atom. The molecule has 1 aromatic carbocycles. The topological polar surface area (TPSA) is 49.3 Å². The van der Waals surface area contributed by atoms with Crippen molar-refractivity contribution in [2.45, 2.75) is 84.2 Å². The molecule has 1 unspecified atom stereocenters. The number of hydrogen-bond acceptors (Lipinski definition) is 6. The summed E-state index contributed by atoms with van der Waals surface area (Å²) in [5.74, 6) is 1.19. The average molecular weight is 414 g/mol. The Labute approximate surface area is 178 Å². The van der Waals surface area contributed by atoms with Crippen molar-refractivity contribution in [1.29, 1.82) is 0 Å². The van der Waals surface area contributed by atoms with E-state index in [0.29, 0.717) is 11.6 Å². The van der Waals surface area contributed by atoms with E-state index in [0.717, 1.165) is 22.5 Å². The molecule has 30 heavy (non-hydrogen) atoms. The summed E-state index contributed by atoms with van der Waals surface area (Å²) in [5.41, 5.74) is 1.69. The quantitative estimate of drug-likeness (QED) is 0.752. The summed E-state index contributed by atoms with van der Waals surface area (Å²) in [6, 6.07) is 1.58. The maximum absolute atomic E-state index is 15.5. The first kappa shape index (κ1) is 20.1. The molecule has 1 aromatic rings. The number of hydrazone groups is 1. The highest BCUT2D eigenvalue weighted by molar-refractivity contribution is 6.63. The van der Waals surface area contributed by atoms with Crippen LogP contribution >= 0.6 is 0 Å². The van der Waals surface area contributed by atoms with E-state index in [1.165, 1.54) is 12.8 Å². The van der Waals surface area contributed by atoms with Crippen LogP contribution in [0, 0.1) is 18.7 Å². The first-order chi connectivity index (χ1) is 13.8. The van der Waals surface area contributed by atoms with Gasteiger partial charge in [-0.15, -0.1) is 0 Å². The fourth-order valence-electron chi connectivity index (χ4n) is 4.88. The Morgan fingerprint density at radius 3 is 2.30 bits per heavy atom. The van der Waals surface area contributed by atoms with E-state index in [2.05, 4.69) is 24.1 Å². The molecule has 5 rings (SSSR count). The van der Waals surface area contributed by atoms with E-state index in [9.17, 15) is 0 Å². The molecule has 8 heteroatoms. The van der Waals surface area contributed by atoms with Gasteiger partial charge >= 0.3 is 7.12 Å². The summed E-state index contributed by atoms with van der Waals surface area (Å²) in [4.78, 5) is 2.26. The van der Waals surface area contributed by atoms with Crippen molar-refractivity contribution in [2.75, 3.05) is 17.3 Å². The molecule has 1 N–H and O–H groups in total. The molecule has 3 aliphatic heterocycles. The number of nitrogens with zero attached hydrogens (tertiary/aromatic N) is 3. The maximum atomic E-state index is 15.5. The predicted molar refractivity (Wildman–Crippen MR) is 119 cm³/mol. The first-order valence-electron chi connectivity index (χ1n) is 10.9. The number of halogens is 1. The fraction of sp³-hybridized carbons (Fsp3) is 0.682. The largest absolute Gasteiger partial charge is 0.495 e. The predicted octanol–water partition coefficient (Wildman–Crippen LogP) is 3.44. The molecule has 0 radical (unpaired) electrons. The fourth-order valence-corrected chi connectivity index (χ4v) is 4.88. The van der Waals surface area contributed by atoms with Gasteiger partial charge in [-0.25, -0.2) is 4.39 Å². The van der Waals surface area contributed by atoms with Crippen molar-refractivity contribution in [3.05, 3.63) is 17.4 Å². The van der Waals surface area contributed by atoms with Crippen LogP contribution in [0.4, 0.5) is 15.8 Å². The molecule has 6 nitrogen and oxygen atoms in total. The van der Waals surface area contributed by atoms with Gasteiger partial charge in [0.1, 0.15) is 12.0 Å². The van der Waals surface area contributed by atoms with E-state index in [4.69, 9.17) is 14.4 Å². The van der Waals surface area contributed by atoms with Gasteiger partial charge in [0.2, 0.25) is 0 Å². The zero-order chi connectivity index (χ0) is 21.8. The molecule has 1 atom stereocenters. The second-order valence-electron chi connectivity index (χ2n) is 10.8. The van der Waals surface area contributed by atoms with Crippen LogP contribution in [-0.2, 0) is 9.31 Å². The third-order valence-electron chi connectivity index (χ3n) is 7.46. The first-order valence-corrected chi connectivity index (χ1v) is 10.9. The van der Waals surface area contributed by atoms with Crippen molar-refractivity contribution in [1.82, 2.24) is 5.01 Å². The van der Waals surface area contributed by atoms with Crippen LogP contribution in [0.15, 0.2) is 11.2 Å². The van der Waals surface area contributed by atoms with E-state index in [-0.39, 0.29) is 12.0 Å². The molecule has 4 aliphatic rings. The summed E-state index contributed by atoms with van der Waals surface area (Å²) in [6.45, 7) is 14.2. The minimum atomic E-state index is -0.607. The Hall–Kier alpha value is -1.80. The summed E-state index contributed by atoms with van der Waals surface area (Å²) in [6.07, 6.45) is 2.47. The minimum Gasteiger partial charge on any atom is -0.399 e. The maximum Gasteiger partial charge on any atom is 0.495 e. The van der Waals surface area contributed by atoms with Crippen molar-refractivity contribution >= 4 is 29.8 Å². The molecule has 0 spiro atoms. The Morgan fingerprint density at radius 2 is 1.73 bits per heavy atom. The number of fused-ring (bicyclic) bond motifs is 3. The van der Waals surface area contributed by atoms with E-state index < -0.39 is 23.9 Å². The lowest BCUT2D eigenvalue weighted by atomic mass is 9.74. The van der Waals surface area contributed by atoms with Gasteiger partial charge in [0.25, 0.3) is 0 Å². The number of nitrogens with one attached hydrogen (secondary N) is 1. The van der Waals surface area contributed by atoms with Crippen LogP contribution in [0.25, 0.3) is 0 Å². The molecular formula is C22H32BFN4O2. The van der Waals surface area contributed by atoms with Crippen LogP contribution in [0.1, 0.15) is 59.9 Å². The smallest absolute Gasteiger partial charge is 0.399 e. The van der Waals surface area contributed by atoms with E-state index >= 15 is 4.39 Å². The number of anilines is 2. The summed E-state index contributed by atoms with van der Waals surface area (Å²) in [7, 11) is 1.42. The van der Waals surface area contributed by atoms with Crippen LogP contribution in [0.5, 0.6) is 0 Å². The number of hydrogen-bond donors (Lipinski definition) is 1. The second-order valence-corrected chi connectivity index (χ2v) is 10.8. The average Bonchev–Trinajstić information content (AvgIpc) is 3.34. The Balaban J connectivity index is 1.66. The molecule has 162 valence electrons. The zero-order valence-electron chi connectivity index (χ0n) is 19.3. The van der Waals surface area contributed by atoms with Crippen molar-refractivity contribution in [3.63, 3.8) is 0 Å². The molecular weight excluding hydrogens is 382 g/mol. The zero-order valence-corrected chi connectivity index (χ0v) is 19.3. The lowest BCUT2D eigenvalue weighted by Crippen LogP contribution is -2.57. The minimum absolute atomic E-state index is 0.117. The SMILES string of the molecule is Cc1c(B2OC(C)(C)C(C)(C)O2)cc(F)c2c1N1C(=NN(C)C1C1CC1)C(C)(C)N2. The van der Waals surface area contributed by atoms with Gasteiger partial charge in [-0.3, -0.25) is 5.01 Å². The van der Waals surface area contributed by atoms with Gasteiger partial charge in [-0.1, -0.05) is 0 Å². The lowest BCUT2D eigenvalue weighted by Gasteiger charge is -2.43. The third kappa shape index (κ3) is 2.65. The molecule has 0 bridgehead atoms. The number of benzene rings is 1. The van der Waals surface area contributed by atoms with Crippen LogP contribution in [0.2, 0.25) is 0 Å². The van der Waals surface area contributed by atoms with Gasteiger partial charge in [0.15, 0.2) is 5.84 Å². The summed E-state index contributed by atoms with van der Waals surface area (Å²) in [5, 5.41) is 10.3. The summed E-state index contributed by atoms with van der Waals surface area (Å²) < 4.78 is 28.1. The van der Waals surface area contributed by atoms with Gasteiger partial charge in [0, 0.05) is 7.05 Å². The highest BCUT2D eigenvalue weighted by Gasteiger charge is 2.55. The molecule has 0 aromatic heterocycles. The van der Waals surface area contributed by atoms with Crippen molar-refractivity contribution < 1.29 is 13.7 Å². The number of amidine groups is 1. The van der Waals surface area contributed by atoms with Crippen molar-refractivity contribution in [2.24, 2.45) is 11.0 Å².